The Morgan fingerprint density at radius 3 is 2.33 bits per heavy atom. The van der Waals surface area contributed by atoms with E-state index >= 15 is 0 Å². The van der Waals surface area contributed by atoms with Crippen molar-refractivity contribution in [2.24, 2.45) is 0 Å². The van der Waals surface area contributed by atoms with Crippen LogP contribution in [0.1, 0.15) is 33.1 Å². The Balaban J connectivity index is 2.30. The monoisotopic (exact) mass is 226 g/mol. The molecule has 0 aromatic rings. The van der Waals surface area contributed by atoms with Gasteiger partial charge in [-0.1, -0.05) is 13.8 Å². The molecule has 0 nitrogen and oxygen atoms in total. The number of hydrogen-bond acceptors (Lipinski definition) is 1. The molecule has 3 heteroatoms. The molecule has 1 rings (SSSR count). The lowest BCUT2D eigenvalue weighted by molar-refractivity contribution is 0.529. The van der Waals surface area contributed by atoms with Gasteiger partial charge in [-0.15, -0.1) is 23.2 Å². The van der Waals surface area contributed by atoms with Crippen molar-refractivity contribution in [3.8, 4) is 0 Å². The minimum Gasteiger partial charge on any atom is -0.156 e. The molecule has 0 saturated heterocycles. The SMILES string of the molecule is CC(C)SC1CCC(Cl)C(Cl)C1. The fourth-order valence-electron chi connectivity index (χ4n) is 1.55. The van der Waals surface area contributed by atoms with E-state index in [1.54, 1.807) is 0 Å². The fraction of sp³-hybridized carbons (Fsp3) is 1.00. The Kier molecular flexibility index (Phi) is 4.56. The summed E-state index contributed by atoms with van der Waals surface area (Å²) >= 11 is 14.2. The Morgan fingerprint density at radius 1 is 1.17 bits per heavy atom. The van der Waals surface area contributed by atoms with Crippen LogP contribution in [-0.4, -0.2) is 21.3 Å². The van der Waals surface area contributed by atoms with Gasteiger partial charge in [0.15, 0.2) is 0 Å². The zero-order chi connectivity index (χ0) is 9.14. The van der Waals surface area contributed by atoms with Crippen LogP contribution >= 0.6 is 35.0 Å². The van der Waals surface area contributed by atoms with Gasteiger partial charge in [0.2, 0.25) is 0 Å². The first kappa shape index (κ1) is 11.0. The molecule has 0 aromatic heterocycles. The normalized spacial score (nSPS) is 37.2. The van der Waals surface area contributed by atoms with Crippen LogP contribution in [0.5, 0.6) is 0 Å². The molecule has 3 unspecified atom stereocenters. The van der Waals surface area contributed by atoms with Gasteiger partial charge in [-0.2, -0.15) is 11.8 Å². The van der Waals surface area contributed by atoms with Gasteiger partial charge in [-0.05, 0) is 24.5 Å². The molecule has 1 saturated carbocycles. The van der Waals surface area contributed by atoms with Crippen molar-refractivity contribution in [3.05, 3.63) is 0 Å². The summed E-state index contributed by atoms with van der Waals surface area (Å²) in [6.07, 6.45) is 3.40. The van der Waals surface area contributed by atoms with E-state index < -0.39 is 0 Å². The number of thioether (sulfide) groups is 1. The van der Waals surface area contributed by atoms with Gasteiger partial charge >= 0.3 is 0 Å². The molecule has 72 valence electrons. The second-order valence-electron chi connectivity index (χ2n) is 3.65. The predicted molar refractivity (Wildman–Crippen MR) is 59.6 cm³/mol. The van der Waals surface area contributed by atoms with Crippen LogP contribution in [0.4, 0.5) is 0 Å². The zero-order valence-electron chi connectivity index (χ0n) is 7.59. The van der Waals surface area contributed by atoms with E-state index in [1.807, 2.05) is 11.8 Å². The number of hydrogen-bond donors (Lipinski definition) is 0. The molecule has 0 aromatic carbocycles. The van der Waals surface area contributed by atoms with E-state index in [-0.39, 0.29) is 10.8 Å². The highest BCUT2D eigenvalue weighted by Gasteiger charge is 2.28. The molecule has 12 heavy (non-hydrogen) atoms. The second-order valence-corrected chi connectivity index (χ2v) is 6.65. The summed E-state index contributed by atoms with van der Waals surface area (Å²) in [6.45, 7) is 4.47. The number of halogens is 2. The van der Waals surface area contributed by atoms with Crippen molar-refractivity contribution in [1.29, 1.82) is 0 Å². The van der Waals surface area contributed by atoms with Crippen molar-refractivity contribution >= 4 is 35.0 Å². The van der Waals surface area contributed by atoms with E-state index in [9.17, 15) is 0 Å². The summed E-state index contributed by atoms with van der Waals surface area (Å²) in [5, 5.41) is 1.85. The summed E-state index contributed by atoms with van der Waals surface area (Å²) in [5.41, 5.74) is 0. The summed E-state index contributed by atoms with van der Waals surface area (Å²) in [5.74, 6) is 0. The summed E-state index contributed by atoms with van der Waals surface area (Å²) in [4.78, 5) is 0. The molecule has 1 fully saturated rings. The molecule has 1 aliphatic carbocycles. The minimum atomic E-state index is 0.191. The lowest BCUT2D eigenvalue weighted by Gasteiger charge is -2.29. The van der Waals surface area contributed by atoms with Gasteiger partial charge in [-0.3, -0.25) is 0 Å². The van der Waals surface area contributed by atoms with E-state index in [1.165, 1.54) is 6.42 Å². The van der Waals surface area contributed by atoms with Crippen LogP contribution in [0.3, 0.4) is 0 Å². The largest absolute Gasteiger partial charge is 0.156 e. The van der Waals surface area contributed by atoms with E-state index in [2.05, 4.69) is 13.8 Å². The maximum absolute atomic E-state index is 6.10. The molecule has 1 aliphatic rings. The molecular formula is C9H16Cl2S. The predicted octanol–water partition coefficient (Wildman–Crippen LogP) is 3.90. The van der Waals surface area contributed by atoms with Crippen LogP contribution in [0.15, 0.2) is 0 Å². The molecule has 0 N–H and O–H groups in total. The molecule has 0 heterocycles. The standard InChI is InChI=1S/C9H16Cl2S/c1-6(2)12-7-3-4-8(10)9(11)5-7/h6-9H,3-5H2,1-2H3. The molecule has 0 spiro atoms. The number of alkyl halides is 2. The Hall–Kier alpha value is 0.930. The summed E-state index contributed by atoms with van der Waals surface area (Å²) in [6, 6.07) is 0. The van der Waals surface area contributed by atoms with Gasteiger partial charge in [0.05, 0.1) is 10.8 Å². The highest BCUT2D eigenvalue weighted by molar-refractivity contribution is 8.00. The number of rotatable bonds is 2. The first-order valence-corrected chi connectivity index (χ1v) is 6.34. The van der Waals surface area contributed by atoms with Gasteiger partial charge < -0.3 is 0 Å². The van der Waals surface area contributed by atoms with Gasteiger partial charge in [0.1, 0.15) is 0 Å². The third kappa shape index (κ3) is 3.35. The zero-order valence-corrected chi connectivity index (χ0v) is 9.92. The molecule has 0 amide bonds. The second kappa shape index (κ2) is 4.97. The molecule has 0 aliphatic heterocycles. The summed E-state index contributed by atoms with van der Waals surface area (Å²) in [7, 11) is 0. The van der Waals surface area contributed by atoms with Crippen LogP contribution in [0, 0.1) is 0 Å². The molecular weight excluding hydrogens is 211 g/mol. The highest BCUT2D eigenvalue weighted by Crippen LogP contribution is 2.35. The van der Waals surface area contributed by atoms with Gasteiger partial charge in [0.25, 0.3) is 0 Å². The van der Waals surface area contributed by atoms with E-state index in [0.717, 1.165) is 18.1 Å². The van der Waals surface area contributed by atoms with Gasteiger partial charge in [0, 0.05) is 5.25 Å². The maximum Gasteiger partial charge on any atom is 0.0510 e. The summed E-state index contributed by atoms with van der Waals surface area (Å²) < 4.78 is 0. The molecule has 0 bridgehead atoms. The third-order valence-corrected chi connectivity index (χ3v) is 4.60. The first-order valence-electron chi connectivity index (χ1n) is 4.53. The van der Waals surface area contributed by atoms with E-state index in [4.69, 9.17) is 23.2 Å². The topological polar surface area (TPSA) is 0 Å². The fourth-order valence-corrected chi connectivity index (χ4v) is 3.59. The van der Waals surface area contributed by atoms with E-state index in [0.29, 0.717) is 5.25 Å². The van der Waals surface area contributed by atoms with Crippen LogP contribution in [0.2, 0.25) is 0 Å². The van der Waals surface area contributed by atoms with Crippen molar-refractivity contribution in [2.75, 3.05) is 0 Å². The van der Waals surface area contributed by atoms with Gasteiger partial charge in [-0.25, -0.2) is 0 Å². The maximum atomic E-state index is 6.10. The first-order chi connectivity index (χ1) is 5.59. The van der Waals surface area contributed by atoms with Crippen LogP contribution < -0.4 is 0 Å². The average molecular weight is 227 g/mol. The van der Waals surface area contributed by atoms with Crippen molar-refractivity contribution in [3.63, 3.8) is 0 Å². The third-order valence-electron chi connectivity index (χ3n) is 2.11. The van der Waals surface area contributed by atoms with Crippen molar-refractivity contribution < 1.29 is 0 Å². The highest BCUT2D eigenvalue weighted by atomic mass is 35.5. The lowest BCUT2D eigenvalue weighted by Crippen LogP contribution is -2.28. The Bertz CT molecular complexity index is 138. The average Bonchev–Trinajstić information content (AvgIpc) is 1.96. The molecule has 3 atom stereocenters. The molecule has 0 radical (unpaired) electrons. The van der Waals surface area contributed by atoms with Crippen LogP contribution in [0.25, 0.3) is 0 Å². The Morgan fingerprint density at radius 2 is 1.83 bits per heavy atom. The van der Waals surface area contributed by atoms with Crippen molar-refractivity contribution in [2.45, 2.75) is 54.4 Å². The quantitative estimate of drug-likeness (QED) is 0.645. The lowest BCUT2D eigenvalue weighted by atomic mass is 9.99. The van der Waals surface area contributed by atoms with Crippen LogP contribution in [-0.2, 0) is 0 Å². The smallest absolute Gasteiger partial charge is 0.0510 e. The minimum absolute atomic E-state index is 0.191. The Labute approximate surface area is 89.4 Å². The van der Waals surface area contributed by atoms with Crippen molar-refractivity contribution in [1.82, 2.24) is 0 Å².